The predicted octanol–water partition coefficient (Wildman–Crippen LogP) is 18.4. The number of carbonyl (C=O) groups is 2. The second-order valence-electron chi connectivity index (χ2n) is 22.0. The molecule has 2 atom stereocenters. The number of rotatable bonds is 6. The van der Waals surface area contributed by atoms with Gasteiger partial charge in [-0.1, -0.05) is 153 Å². The third kappa shape index (κ3) is 6.62. The highest BCUT2D eigenvalue weighted by Gasteiger charge is 2.32. The molecule has 0 amide bonds. The van der Waals surface area contributed by atoms with E-state index >= 15 is 0 Å². The number of para-hydroxylation sites is 6. The lowest BCUT2D eigenvalue weighted by atomic mass is 9.78. The van der Waals surface area contributed by atoms with Gasteiger partial charge in [0.25, 0.3) is 0 Å². The van der Waals surface area contributed by atoms with E-state index in [1.54, 1.807) is 0 Å². The van der Waals surface area contributed by atoms with Crippen LogP contribution < -0.4 is 0 Å². The summed E-state index contributed by atoms with van der Waals surface area (Å²) in [5.41, 5.74) is 18.3. The number of allylic oxidation sites excluding steroid dienone is 4. The first-order valence-corrected chi connectivity index (χ1v) is 27.9. The van der Waals surface area contributed by atoms with Crippen molar-refractivity contribution in [2.75, 3.05) is 0 Å². The molecule has 0 saturated heterocycles. The summed E-state index contributed by atoms with van der Waals surface area (Å²) in [6.07, 6.45) is 6.83. The van der Waals surface area contributed by atoms with Crippen LogP contribution in [0.4, 0.5) is 0 Å². The Morgan fingerprint density at radius 1 is 0.309 bits per heavy atom. The fourth-order valence-electron chi connectivity index (χ4n) is 13.9. The summed E-state index contributed by atoms with van der Waals surface area (Å²) < 4.78 is 9.46. The van der Waals surface area contributed by atoms with Crippen LogP contribution in [0, 0.1) is 5.92 Å². The Morgan fingerprint density at radius 2 is 0.679 bits per heavy atom. The number of nitrogens with zero attached hydrogens (tertiary/aromatic N) is 4. The van der Waals surface area contributed by atoms with Crippen LogP contribution in [0.2, 0.25) is 0 Å². The quantitative estimate of drug-likeness (QED) is 0.167. The number of hydrogen-bond donors (Lipinski definition) is 0. The van der Waals surface area contributed by atoms with Gasteiger partial charge in [-0.05, 0) is 138 Å². The summed E-state index contributed by atoms with van der Waals surface area (Å²) in [5.74, 6) is -0.135. The minimum atomic E-state index is -0.128. The fourth-order valence-corrected chi connectivity index (χ4v) is 13.9. The van der Waals surface area contributed by atoms with Gasteiger partial charge < -0.3 is 18.3 Å². The predicted molar refractivity (Wildman–Crippen MR) is 333 cm³/mol. The highest BCUT2D eigenvalue weighted by molar-refractivity contribution is 6.29. The molecule has 0 fully saturated rings. The van der Waals surface area contributed by atoms with E-state index in [4.69, 9.17) is 0 Å². The Kier molecular flexibility index (Phi) is 9.66. The van der Waals surface area contributed by atoms with Gasteiger partial charge in [-0.2, -0.15) is 0 Å². The van der Waals surface area contributed by atoms with Crippen molar-refractivity contribution in [1.29, 1.82) is 0 Å². The molecule has 4 heterocycles. The van der Waals surface area contributed by atoms with Crippen molar-refractivity contribution < 1.29 is 9.59 Å². The number of benzene rings is 11. The third-order valence-electron chi connectivity index (χ3n) is 17.6. The van der Waals surface area contributed by atoms with E-state index in [0.29, 0.717) is 22.3 Å². The van der Waals surface area contributed by atoms with Crippen LogP contribution in [0.1, 0.15) is 50.2 Å². The molecule has 0 saturated carbocycles. The zero-order valence-electron chi connectivity index (χ0n) is 44.1. The number of fused-ring (bicyclic) bond motifs is 14. The Balaban J connectivity index is 0.658. The van der Waals surface area contributed by atoms with Gasteiger partial charge in [0, 0.05) is 94.0 Å². The van der Waals surface area contributed by atoms with E-state index in [9.17, 15) is 9.59 Å². The van der Waals surface area contributed by atoms with E-state index in [2.05, 4.69) is 250 Å². The van der Waals surface area contributed by atoms with Crippen molar-refractivity contribution in [1.82, 2.24) is 18.3 Å². The Labute approximate surface area is 465 Å². The molecule has 81 heavy (non-hydrogen) atoms. The van der Waals surface area contributed by atoms with E-state index in [-0.39, 0.29) is 23.4 Å². The van der Waals surface area contributed by atoms with Crippen molar-refractivity contribution in [3.05, 3.63) is 289 Å². The molecular weight excluding hydrogens is 989 g/mol. The van der Waals surface area contributed by atoms with Gasteiger partial charge in [-0.3, -0.25) is 9.59 Å². The number of carbonyl (C=O) groups excluding carboxylic acids is 2. The molecular formula is C75H48N4O2. The average Bonchev–Trinajstić information content (AvgIpc) is 4.28. The van der Waals surface area contributed by atoms with Crippen LogP contribution in [0.15, 0.2) is 261 Å². The number of ketones is 2. The second kappa shape index (κ2) is 17.2. The lowest BCUT2D eigenvalue weighted by molar-refractivity contribution is 0.0979. The summed E-state index contributed by atoms with van der Waals surface area (Å²) >= 11 is 0. The summed E-state index contributed by atoms with van der Waals surface area (Å²) in [4.78, 5) is 29.0. The molecule has 4 aromatic heterocycles. The zero-order valence-corrected chi connectivity index (χ0v) is 44.1. The molecule has 2 unspecified atom stereocenters. The SMILES string of the molecule is CC1C=C(n2c3ccccc3c3cc(-n4c5ccccc5c5ccccc54)ccc32)C=CC1c1ccc2c(c1)C(=O)c1ccc(-c3ccc(-n4c5ccccc5c5cc(-n6c7ccccc7c7ccccc76)ccc54)cc3)cc1C2=O. The number of hydrogen-bond acceptors (Lipinski definition) is 2. The first-order chi connectivity index (χ1) is 39.9. The lowest BCUT2D eigenvalue weighted by Gasteiger charge is -2.26. The highest BCUT2D eigenvalue weighted by atomic mass is 16.1. The van der Waals surface area contributed by atoms with Crippen LogP contribution in [-0.4, -0.2) is 29.8 Å². The summed E-state index contributed by atoms with van der Waals surface area (Å²) in [7, 11) is 0. The first-order valence-electron chi connectivity index (χ1n) is 27.9. The Bertz CT molecular complexity index is 5200. The van der Waals surface area contributed by atoms with Crippen LogP contribution in [0.25, 0.3) is 121 Å². The highest BCUT2D eigenvalue weighted by Crippen LogP contribution is 2.43. The average molecular weight is 1040 g/mol. The minimum Gasteiger partial charge on any atom is -0.310 e. The molecule has 11 aromatic carbocycles. The normalized spacial score (nSPS) is 15.3. The van der Waals surface area contributed by atoms with Gasteiger partial charge in [-0.25, -0.2) is 0 Å². The van der Waals surface area contributed by atoms with Gasteiger partial charge in [0.2, 0.25) is 0 Å². The van der Waals surface area contributed by atoms with Crippen LogP contribution in [0.3, 0.4) is 0 Å². The fraction of sp³-hybridized carbons (Fsp3) is 0.0400. The number of aromatic nitrogens is 4. The van der Waals surface area contributed by atoms with E-state index in [1.807, 2.05) is 36.4 Å². The molecule has 0 spiro atoms. The molecule has 6 heteroatoms. The molecule has 380 valence electrons. The van der Waals surface area contributed by atoms with Gasteiger partial charge in [-0.15, -0.1) is 0 Å². The molecule has 6 nitrogen and oxygen atoms in total. The maximum absolute atomic E-state index is 14.5. The van der Waals surface area contributed by atoms with Crippen molar-refractivity contribution in [3.8, 4) is 28.2 Å². The maximum atomic E-state index is 14.5. The minimum absolute atomic E-state index is 0.00922. The van der Waals surface area contributed by atoms with Crippen LogP contribution in [-0.2, 0) is 0 Å². The monoisotopic (exact) mass is 1040 g/mol. The second-order valence-corrected chi connectivity index (χ2v) is 22.0. The summed E-state index contributed by atoms with van der Waals surface area (Å²) in [5, 5.41) is 9.72. The van der Waals surface area contributed by atoms with Gasteiger partial charge in [0.05, 0.1) is 44.1 Å². The Morgan fingerprint density at radius 3 is 1.16 bits per heavy atom. The van der Waals surface area contributed by atoms with Gasteiger partial charge >= 0.3 is 0 Å². The van der Waals surface area contributed by atoms with E-state index < -0.39 is 0 Å². The van der Waals surface area contributed by atoms with Crippen molar-refractivity contribution in [3.63, 3.8) is 0 Å². The van der Waals surface area contributed by atoms with Crippen LogP contribution >= 0.6 is 0 Å². The Hall–Kier alpha value is -10.6. The summed E-state index contributed by atoms with van der Waals surface area (Å²) in [6.45, 7) is 2.24. The molecule has 0 N–H and O–H groups in total. The van der Waals surface area contributed by atoms with E-state index in [0.717, 1.165) is 61.5 Å². The van der Waals surface area contributed by atoms with Crippen molar-refractivity contribution in [2.24, 2.45) is 5.92 Å². The third-order valence-corrected chi connectivity index (χ3v) is 17.6. The molecule has 2 aliphatic rings. The maximum Gasteiger partial charge on any atom is 0.194 e. The first kappa shape index (κ1) is 45.5. The van der Waals surface area contributed by atoms with Crippen LogP contribution in [0.5, 0.6) is 0 Å². The van der Waals surface area contributed by atoms with Gasteiger partial charge in [0.1, 0.15) is 0 Å². The smallest absolute Gasteiger partial charge is 0.194 e. The lowest BCUT2D eigenvalue weighted by Crippen LogP contribution is -2.22. The summed E-state index contributed by atoms with van der Waals surface area (Å²) in [6, 6.07) is 85.6. The molecule has 17 rings (SSSR count). The van der Waals surface area contributed by atoms with E-state index in [1.165, 1.54) is 65.2 Å². The van der Waals surface area contributed by atoms with Crippen molar-refractivity contribution >= 4 is 104 Å². The largest absolute Gasteiger partial charge is 0.310 e. The standard InChI is InChI=1S/C75H48N4O2/c1-45-40-50(77-71-25-13-7-19-59(71)63-44-52(34-39-73(63)77)79-68-22-10-4-16-56(68)57-17-5-11-23-69(57)79)32-37-53(45)48-29-36-61-65(42-48)75(81)60-35-28-47(41-64(60)74(61)80)46-26-30-49(31-27-46)76-70-24-12-6-18-58(70)62-43-51(33-38-72(62)76)78-66-20-8-2-14-54(66)55-15-3-9-21-67(55)78/h2-45,53H,1H3. The molecule has 0 aliphatic heterocycles. The molecule has 0 bridgehead atoms. The van der Waals surface area contributed by atoms with Gasteiger partial charge in [0.15, 0.2) is 11.6 Å². The molecule has 0 radical (unpaired) electrons. The topological polar surface area (TPSA) is 53.9 Å². The molecule has 2 aliphatic carbocycles. The van der Waals surface area contributed by atoms with Crippen molar-refractivity contribution in [2.45, 2.75) is 12.8 Å². The zero-order chi connectivity index (χ0) is 53.6. The molecule has 15 aromatic rings.